The lowest BCUT2D eigenvalue weighted by molar-refractivity contribution is 0.247. The zero-order chi connectivity index (χ0) is 17.7. The second kappa shape index (κ2) is 8.31. The van der Waals surface area contributed by atoms with Gasteiger partial charge in [0.15, 0.2) is 0 Å². The van der Waals surface area contributed by atoms with Gasteiger partial charge in [0.25, 0.3) is 0 Å². The molecule has 1 aliphatic rings. The van der Waals surface area contributed by atoms with E-state index in [1.807, 2.05) is 17.5 Å². The highest BCUT2D eigenvalue weighted by Gasteiger charge is 2.25. The van der Waals surface area contributed by atoms with Crippen molar-refractivity contribution < 1.29 is 13.2 Å². The predicted molar refractivity (Wildman–Crippen MR) is 101 cm³/mol. The molecule has 0 saturated carbocycles. The first-order valence-electron chi connectivity index (χ1n) is 8.44. The van der Waals surface area contributed by atoms with Crippen LogP contribution in [0.2, 0.25) is 0 Å². The molecule has 0 radical (unpaired) electrons. The Balaban J connectivity index is 1.69. The van der Waals surface area contributed by atoms with E-state index in [4.69, 9.17) is 4.74 Å². The molecule has 1 aromatic carbocycles. The Morgan fingerprint density at radius 3 is 2.68 bits per heavy atom. The molecule has 1 unspecified atom stereocenters. The van der Waals surface area contributed by atoms with Crippen LogP contribution < -0.4 is 9.46 Å². The molecule has 1 N–H and O–H groups in total. The van der Waals surface area contributed by atoms with Crippen LogP contribution in [-0.4, -0.2) is 40.1 Å². The summed E-state index contributed by atoms with van der Waals surface area (Å²) in [6, 6.07) is 9.41. The van der Waals surface area contributed by atoms with Gasteiger partial charge in [0.2, 0.25) is 10.0 Å². The molecule has 0 bridgehead atoms. The van der Waals surface area contributed by atoms with Crippen LogP contribution in [0.5, 0.6) is 5.75 Å². The predicted octanol–water partition coefficient (Wildman–Crippen LogP) is 3.01. The maximum atomic E-state index is 12.6. The van der Waals surface area contributed by atoms with Crippen LogP contribution in [0.15, 0.2) is 41.1 Å². The minimum atomic E-state index is -3.44. The molecule has 5 nitrogen and oxygen atoms in total. The Morgan fingerprint density at radius 1 is 1.24 bits per heavy atom. The standard InChI is InChI=1S/C18H24N2O3S2/c1-23-18-7-3-2-6-16(18)14-25(21,22)19-12-17(15-8-11-24-13-15)20-9-4-5-10-20/h2-3,6-8,11,13,17,19H,4-5,9-10,12,14H2,1H3. The third kappa shape index (κ3) is 4.82. The Hall–Kier alpha value is -1.41. The number of likely N-dealkylation sites (tertiary alicyclic amines) is 1. The van der Waals surface area contributed by atoms with E-state index in [0.717, 1.165) is 13.1 Å². The summed E-state index contributed by atoms with van der Waals surface area (Å²) in [5, 5.41) is 4.15. The molecule has 1 atom stereocenters. The lowest BCUT2D eigenvalue weighted by Gasteiger charge is -2.27. The monoisotopic (exact) mass is 380 g/mol. The van der Waals surface area contributed by atoms with Crippen molar-refractivity contribution >= 4 is 21.4 Å². The van der Waals surface area contributed by atoms with Gasteiger partial charge in [0, 0.05) is 18.2 Å². The zero-order valence-corrected chi connectivity index (χ0v) is 16.0. The smallest absolute Gasteiger partial charge is 0.215 e. The Labute approximate surface area is 153 Å². The highest BCUT2D eigenvalue weighted by atomic mass is 32.2. The summed E-state index contributed by atoms with van der Waals surface area (Å²) in [5.74, 6) is 0.523. The number of nitrogens with zero attached hydrogens (tertiary/aromatic N) is 1. The minimum Gasteiger partial charge on any atom is -0.496 e. The Bertz CT molecular complexity index is 769. The summed E-state index contributed by atoms with van der Waals surface area (Å²) in [4.78, 5) is 2.37. The average molecular weight is 381 g/mol. The normalized spacial score (nSPS) is 16.8. The maximum Gasteiger partial charge on any atom is 0.215 e. The van der Waals surface area contributed by atoms with Crippen LogP contribution >= 0.6 is 11.3 Å². The van der Waals surface area contributed by atoms with Gasteiger partial charge in [-0.15, -0.1) is 0 Å². The van der Waals surface area contributed by atoms with E-state index < -0.39 is 10.0 Å². The Kier molecular flexibility index (Phi) is 6.11. The van der Waals surface area contributed by atoms with Gasteiger partial charge in [0.05, 0.1) is 12.9 Å². The lowest BCUT2D eigenvalue weighted by atomic mass is 10.1. The first kappa shape index (κ1) is 18.4. The van der Waals surface area contributed by atoms with E-state index in [1.54, 1.807) is 30.6 Å². The van der Waals surface area contributed by atoms with Crippen LogP contribution in [0.25, 0.3) is 0 Å². The number of ether oxygens (including phenoxy) is 1. The fourth-order valence-corrected chi connectivity index (χ4v) is 5.13. The van der Waals surface area contributed by atoms with Gasteiger partial charge in [-0.2, -0.15) is 11.3 Å². The molecular formula is C18H24N2O3S2. The van der Waals surface area contributed by atoms with E-state index in [9.17, 15) is 8.42 Å². The number of nitrogens with one attached hydrogen (secondary N) is 1. The Morgan fingerprint density at radius 2 is 2.00 bits per heavy atom. The number of hydrogen-bond donors (Lipinski definition) is 1. The highest BCUT2D eigenvalue weighted by molar-refractivity contribution is 7.88. The molecule has 3 rings (SSSR count). The van der Waals surface area contributed by atoms with Crippen LogP contribution in [0.3, 0.4) is 0 Å². The quantitative estimate of drug-likeness (QED) is 0.765. The van der Waals surface area contributed by atoms with Gasteiger partial charge in [0.1, 0.15) is 5.75 Å². The molecule has 0 spiro atoms. The van der Waals surface area contributed by atoms with Gasteiger partial charge in [-0.25, -0.2) is 13.1 Å². The molecule has 136 valence electrons. The van der Waals surface area contributed by atoms with Gasteiger partial charge < -0.3 is 4.74 Å². The number of hydrogen-bond acceptors (Lipinski definition) is 5. The van der Waals surface area contributed by atoms with Crippen molar-refractivity contribution in [1.29, 1.82) is 0 Å². The van der Waals surface area contributed by atoms with Crippen LogP contribution in [0.4, 0.5) is 0 Å². The topological polar surface area (TPSA) is 58.6 Å². The number of benzene rings is 1. The number of sulfonamides is 1. The molecule has 25 heavy (non-hydrogen) atoms. The van der Waals surface area contributed by atoms with Crippen LogP contribution in [-0.2, 0) is 15.8 Å². The van der Waals surface area contributed by atoms with E-state index in [-0.39, 0.29) is 11.8 Å². The number of rotatable bonds is 8. The third-order valence-electron chi connectivity index (χ3n) is 4.54. The molecule has 1 saturated heterocycles. The van der Waals surface area contributed by atoms with Gasteiger partial charge in [-0.05, 0) is 54.4 Å². The highest BCUT2D eigenvalue weighted by Crippen LogP contribution is 2.27. The van der Waals surface area contributed by atoms with Crippen molar-refractivity contribution in [3.8, 4) is 5.75 Å². The van der Waals surface area contributed by atoms with Crippen molar-refractivity contribution in [2.24, 2.45) is 0 Å². The molecule has 7 heteroatoms. The van der Waals surface area contributed by atoms with E-state index >= 15 is 0 Å². The second-order valence-electron chi connectivity index (χ2n) is 6.23. The third-order valence-corrected chi connectivity index (χ3v) is 6.54. The van der Waals surface area contributed by atoms with E-state index in [1.165, 1.54) is 18.4 Å². The summed E-state index contributed by atoms with van der Waals surface area (Å²) in [6.45, 7) is 2.44. The van der Waals surface area contributed by atoms with Crippen LogP contribution in [0.1, 0.15) is 30.0 Å². The molecule has 2 heterocycles. The van der Waals surface area contributed by atoms with Crippen molar-refractivity contribution in [2.75, 3.05) is 26.7 Å². The van der Waals surface area contributed by atoms with Crippen molar-refractivity contribution in [3.63, 3.8) is 0 Å². The van der Waals surface area contributed by atoms with Crippen molar-refractivity contribution in [3.05, 3.63) is 52.2 Å². The average Bonchev–Trinajstić information content (AvgIpc) is 3.29. The molecule has 1 fully saturated rings. The zero-order valence-electron chi connectivity index (χ0n) is 14.3. The van der Waals surface area contributed by atoms with Crippen molar-refractivity contribution in [1.82, 2.24) is 9.62 Å². The summed E-state index contributed by atoms with van der Waals surface area (Å²) in [6.07, 6.45) is 2.35. The maximum absolute atomic E-state index is 12.6. The van der Waals surface area contributed by atoms with Gasteiger partial charge in [-0.3, -0.25) is 4.90 Å². The summed E-state index contributed by atoms with van der Waals surface area (Å²) < 4.78 is 33.2. The second-order valence-corrected chi connectivity index (χ2v) is 8.82. The first-order chi connectivity index (χ1) is 12.1. The number of thiophene rings is 1. The number of methoxy groups -OCH3 is 1. The summed E-state index contributed by atoms with van der Waals surface area (Å²) in [7, 11) is -1.88. The SMILES string of the molecule is COc1ccccc1CS(=O)(=O)NCC(c1ccsc1)N1CCCC1. The van der Waals surface area contributed by atoms with Gasteiger partial charge in [-0.1, -0.05) is 18.2 Å². The summed E-state index contributed by atoms with van der Waals surface area (Å²) in [5.41, 5.74) is 1.86. The lowest BCUT2D eigenvalue weighted by Crippen LogP contribution is -2.37. The molecule has 2 aromatic rings. The largest absolute Gasteiger partial charge is 0.496 e. The fraction of sp³-hybridized carbons (Fsp3) is 0.444. The molecule has 1 aliphatic heterocycles. The summed E-state index contributed by atoms with van der Waals surface area (Å²) >= 11 is 1.65. The van der Waals surface area contributed by atoms with Crippen molar-refractivity contribution in [2.45, 2.75) is 24.6 Å². The van der Waals surface area contributed by atoms with Gasteiger partial charge >= 0.3 is 0 Å². The number of para-hydroxylation sites is 1. The van der Waals surface area contributed by atoms with Crippen LogP contribution in [0, 0.1) is 0 Å². The van der Waals surface area contributed by atoms with E-state index in [2.05, 4.69) is 21.1 Å². The molecule has 0 amide bonds. The molecule has 0 aliphatic carbocycles. The fourth-order valence-electron chi connectivity index (χ4n) is 3.26. The molecular weight excluding hydrogens is 356 g/mol. The minimum absolute atomic E-state index is 0.0760. The first-order valence-corrected chi connectivity index (χ1v) is 11.0. The van der Waals surface area contributed by atoms with E-state index in [0.29, 0.717) is 17.9 Å². The molecule has 1 aromatic heterocycles.